The Hall–Kier alpha value is -2.39. The summed E-state index contributed by atoms with van der Waals surface area (Å²) in [5.74, 6) is 4.11. The number of nitrogens with zero attached hydrogens (tertiary/aromatic N) is 4. The summed E-state index contributed by atoms with van der Waals surface area (Å²) in [5.41, 5.74) is 1.03. The Kier molecular flexibility index (Phi) is 3.84. The summed E-state index contributed by atoms with van der Waals surface area (Å²) in [7, 11) is 0. The first-order chi connectivity index (χ1) is 10.3. The number of benzene rings is 1. The van der Waals surface area contributed by atoms with Crippen LogP contribution in [-0.4, -0.2) is 26.4 Å². The van der Waals surface area contributed by atoms with Gasteiger partial charge in [0.25, 0.3) is 0 Å². The van der Waals surface area contributed by atoms with E-state index < -0.39 is 0 Å². The van der Waals surface area contributed by atoms with Gasteiger partial charge in [-0.05, 0) is 30.7 Å². The summed E-state index contributed by atoms with van der Waals surface area (Å²) in [4.78, 5) is 0.820. The highest BCUT2D eigenvalue weighted by Gasteiger charge is 2.12. The fourth-order valence-corrected chi connectivity index (χ4v) is 2.84. The lowest BCUT2D eigenvalue weighted by Crippen LogP contribution is -1.95. The van der Waals surface area contributed by atoms with Crippen molar-refractivity contribution in [2.45, 2.75) is 19.8 Å². The first-order valence-corrected chi connectivity index (χ1v) is 7.51. The van der Waals surface area contributed by atoms with Gasteiger partial charge in [0.2, 0.25) is 4.96 Å². The fourth-order valence-electron chi connectivity index (χ4n) is 1.97. The van der Waals surface area contributed by atoms with E-state index in [-0.39, 0.29) is 6.61 Å². The van der Waals surface area contributed by atoms with Crippen LogP contribution in [0.25, 0.3) is 15.5 Å². The van der Waals surface area contributed by atoms with Gasteiger partial charge in [-0.1, -0.05) is 24.2 Å². The zero-order valence-electron chi connectivity index (χ0n) is 11.6. The highest BCUT2D eigenvalue weighted by atomic mass is 32.1. The molecule has 0 spiro atoms. The van der Waals surface area contributed by atoms with E-state index in [0.29, 0.717) is 0 Å². The van der Waals surface area contributed by atoms with E-state index in [1.807, 2.05) is 28.8 Å². The third-order valence-electron chi connectivity index (χ3n) is 2.95. The molecule has 2 aromatic heterocycles. The summed E-state index contributed by atoms with van der Waals surface area (Å²) in [6, 6.07) is 7.72. The Bertz CT molecular complexity index is 782. The van der Waals surface area contributed by atoms with E-state index in [1.165, 1.54) is 11.3 Å². The number of terminal acetylenes is 1. The maximum absolute atomic E-state index is 5.36. The summed E-state index contributed by atoms with van der Waals surface area (Å²) in [5, 5.41) is 13.8. The molecule has 0 aliphatic carbocycles. The average molecular weight is 298 g/mol. The van der Waals surface area contributed by atoms with Crippen LogP contribution in [0.3, 0.4) is 0 Å². The molecule has 0 N–H and O–H groups in total. The number of hydrogen-bond acceptors (Lipinski definition) is 5. The molecule has 0 aliphatic rings. The van der Waals surface area contributed by atoms with Crippen molar-refractivity contribution in [3.8, 4) is 28.7 Å². The van der Waals surface area contributed by atoms with Gasteiger partial charge >= 0.3 is 0 Å². The molecule has 5 nitrogen and oxygen atoms in total. The maximum atomic E-state index is 5.36. The Labute approximate surface area is 126 Å². The molecular weight excluding hydrogens is 284 g/mol. The molecule has 0 radical (unpaired) electrons. The van der Waals surface area contributed by atoms with Crippen molar-refractivity contribution in [3.63, 3.8) is 0 Å². The Balaban J connectivity index is 1.88. The van der Waals surface area contributed by atoms with Crippen LogP contribution in [-0.2, 0) is 6.42 Å². The lowest BCUT2D eigenvalue weighted by Gasteiger charge is -2.02. The topological polar surface area (TPSA) is 52.3 Å². The molecular formula is C15H14N4OS. The Morgan fingerprint density at radius 1 is 1.29 bits per heavy atom. The normalized spacial score (nSPS) is 10.7. The zero-order chi connectivity index (χ0) is 14.7. The van der Waals surface area contributed by atoms with Crippen LogP contribution >= 0.6 is 11.3 Å². The van der Waals surface area contributed by atoms with Crippen LogP contribution in [0.15, 0.2) is 24.3 Å². The molecule has 0 amide bonds. The minimum Gasteiger partial charge on any atom is -0.481 e. The average Bonchev–Trinajstić information content (AvgIpc) is 3.08. The zero-order valence-corrected chi connectivity index (χ0v) is 12.4. The van der Waals surface area contributed by atoms with E-state index in [9.17, 15) is 0 Å². The van der Waals surface area contributed by atoms with E-state index in [4.69, 9.17) is 11.2 Å². The summed E-state index contributed by atoms with van der Waals surface area (Å²) < 4.78 is 7.19. The second-order valence-corrected chi connectivity index (χ2v) is 5.44. The number of hydrogen-bond donors (Lipinski definition) is 0. The molecule has 2 heterocycles. The molecule has 106 valence electrons. The van der Waals surface area contributed by atoms with Crippen molar-refractivity contribution in [2.24, 2.45) is 0 Å². The number of rotatable bonds is 5. The van der Waals surface area contributed by atoms with Crippen molar-refractivity contribution >= 4 is 16.3 Å². The van der Waals surface area contributed by atoms with Gasteiger partial charge in [-0.25, -0.2) is 0 Å². The largest absolute Gasteiger partial charge is 0.481 e. The molecule has 0 aliphatic heterocycles. The van der Waals surface area contributed by atoms with E-state index >= 15 is 0 Å². The molecule has 0 unspecified atom stereocenters. The van der Waals surface area contributed by atoms with Gasteiger partial charge in [-0.2, -0.15) is 9.61 Å². The van der Waals surface area contributed by atoms with Gasteiger partial charge in [-0.3, -0.25) is 0 Å². The smallest absolute Gasteiger partial charge is 0.234 e. The van der Waals surface area contributed by atoms with Gasteiger partial charge in [0, 0.05) is 12.0 Å². The second kappa shape index (κ2) is 5.94. The van der Waals surface area contributed by atoms with E-state index in [1.54, 1.807) is 0 Å². The molecule has 0 saturated heterocycles. The highest BCUT2D eigenvalue weighted by Crippen LogP contribution is 2.27. The fraction of sp³-hybridized carbons (Fsp3) is 0.267. The van der Waals surface area contributed by atoms with Gasteiger partial charge in [0.15, 0.2) is 5.82 Å². The highest BCUT2D eigenvalue weighted by molar-refractivity contribution is 7.19. The van der Waals surface area contributed by atoms with Crippen LogP contribution in [0.1, 0.15) is 19.2 Å². The Morgan fingerprint density at radius 2 is 2.10 bits per heavy atom. The molecule has 3 rings (SSSR count). The Morgan fingerprint density at radius 3 is 2.81 bits per heavy atom. The minimum atomic E-state index is 0.274. The molecule has 1 aromatic carbocycles. The first-order valence-electron chi connectivity index (χ1n) is 6.69. The van der Waals surface area contributed by atoms with Crippen LogP contribution in [0.5, 0.6) is 5.75 Å². The van der Waals surface area contributed by atoms with Crippen molar-refractivity contribution in [1.82, 2.24) is 19.8 Å². The first kappa shape index (κ1) is 13.6. The van der Waals surface area contributed by atoms with Gasteiger partial charge in [0.1, 0.15) is 17.4 Å². The molecule has 0 atom stereocenters. The van der Waals surface area contributed by atoms with Crippen molar-refractivity contribution < 1.29 is 4.74 Å². The quantitative estimate of drug-likeness (QED) is 0.680. The van der Waals surface area contributed by atoms with Crippen molar-refractivity contribution in [1.29, 1.82) is 0 Å². The summed E-state index contributed by atoms with van der Waals surface area (Å²) in [6.07, 6.45) is 7.07. The molecule has 6 heteroatoms. The van der Waals surface area contributed by atoms with Crippen LogP contribution in [0.2, 0.25) is 0 Å². The van der Waals surface area contributed by atoms with Gasteiger partial charge in [0.05, 0.1) is 0 Å². The third-order valence-corrected chi connectivity index (χ3v) is 3.90. The molecule has 3 aromatic rings. The monoisotopic (exact) mass is 298 g/mol. The number of aromatic nitrogens is 4. The van der Waals surface area contributed by atoms with Crippen LogP contribution in [0, 0.1) is 12.3 Å². The van der Waals surface area contributed by atoms with Crippen LogP contribution in [0.4, 0.5) is 0 Å². The summed E-state index contributed by atoms with van der Waals surface area (Å²) >= 11 is 1.53. The predicted octanol–water partition coefficient (Wildman–Crippen LogP) is 2.82. The van der Waals surface area contributed by atoms with Gasteiger partial charge < -0.3 is 4.74 Å². The van der Waals surface area contributed by atoms with Crippen molar-refractivity contribution in [2.75, 3.05) is 6.61 Å². The van der Waals surface area contributed by atoms with Crippen LogP contribution < -0.4 is 4.74 Å². The van der Waals surface area contributed by atoms with Gasteiger partial charge in [-0.15, -0.1) is 16.6 Å². The number of aryl methyl sites for hydroxylation is 1. The standard InChI is InChI=1S/C15H14N4OS/c1-3-5-13-16-17-15-19(13)18-14(21-15)11-6-8-12(9-7-11)20-10-4-2/h2,6-9H,3,5,10H2,1H3. The molecule has 0 fully saturated rings. The molecule has 0 bridgehead atoms. The lowest BCUT2D eigenvalue weighted by molar-refractivity contribution is 0.370. The summed E-state index contributed by atoms with van der Waals surface area (Å²) in [6.45, 7) is 2.39. The number of fused-ring (bicyclic) bond motifs is 1. The molecule has 0 saturated carbocycles. The number of ether oxygens (including phenoxy) is 1. The maximum Gasteiger partial charge on any atom is 0.234 e. The third kappa shape index (κ3) is 2.73. The second-order valence-electron chi connectivity index (χ2n) is 4.48. The molecule has 21 heavy (non-hydrogen) atoms. The predicted molar refractivity (Wildman–Crippen MR) is 82.4 cm³/mol. The van der Waals surface area contributed by atoms with E-state index in [2.05, 4.69) is 28.1 Å². The van der Waals surface area contributed by atoms with E-state index in [0.717, 1.165) is 39.9 Å². The van der Waals surface area contributed by atoms with Crippen molar-refractivity contribution in [3.05, 3.63) is 30.1 Å². The lowest BCUT2D eigenvalue weighted by atomic mass is 10.2. The minimum absolute atomic E-state index is 0.274. The SMILES string of the molecule is C#CCOc1ccc(-c2nn3c(CCC)nnc3s2)cc1.